The zero-order valence-corrected chi connectivity index (χ0v) is 18.7. The van der Waals surface area contributed by atoms with E-state index in [-0.39, 0.29) is 17.7 Å². The molecule has 8 nitrogen and oxygen atoms in total. The molecule has 172 valence electrons. The summed E-state index contributed by atoms with van der Waals surface area (Å²) < 4.78 is 6.29. The highest BCUT2D eigenvalue weighted by Crippen LogP contribution is 2.32. The van der Waals surface area contributed by atoms with Crippen LogP contribution in [0.4, 0.5) is 17.2 Å². The molecular formula is C25H30N6O2. The highest BCUT2D eigenvalue weighted by molar-refractivity contribution is 5.68. The molecule has 3 aromatic rings. The van der Waals surface area contributed by atoms with Crippen LogP contribution in [-0.4, -0.2) is 60.7 Å². The second-order valence-corrected chi connectivity index (χ2v) is 8.58. The van der Waals surface area contributed by atoms with E-state index >= 15 is 0 Å². The smallest absolute Gasteiger partial charge is 0.188 e. The number of phenolic OH excluding ortho intramolecular Hbond substituents is 1. The van der Waals surface area contributed by atoms with Gasteiger partial charge in [0.25, 0.3) is 0 Å². The van der Waals surface area contributed by atoms with Crippen molar-refractivity contribution in [2.75, 3.05) is 54.8 Å². The summed E-state index contributed by atoms with van der Waals surface area (Å²) in [4.78, 5) is 4.79. The molecule has 1 aromatic heterocycles. The Balaban J connectivity index is 1.28. The lowest BCUT2D eigenvalue weighted by molar-refractivity contribution is 0.180. The van der Waals surface area contributed by atoms with Gasteiger partial charge in [-0.2, -0.15) is 0 Å². The summed E-state index contributed by atoms with van der Waals surface area (Å²) in [7, 11) is 0. The van der Waals surface area contributed by atoms with E-state index < -0.39 is 0 Å². The Hall–Kier alpha value is -3.52. The molecule has 0 amide bonds. The molecule has 2 aromatic carbocycles. The number of nitrogens with zero attached hydrogens (tertiary/aromatic N) is 4. The SMILES string of the molecule is Nc1nnc(-c2ccccc2O)cc1OC1CCCN(c2ccc(N3CCNCC3)cc2)C1. The molecule has 0 radical (unpaired) electrons. The molecule has 0 spiro atoms. The monoisotopic (exact) mass is 446 g/mol. The summed E-state index contributed by atoms with van der Waals surface area (Å²) in [5, 5.41) is 21.8. The topological polar surface area (TPSA) is 99.8 Å². The van der Waals surface area contributed by atoms with Crippen LogP contribution in [0.2, 0.25) is 0 Å². The number of para-hydroxylation sites is 1. The van der Waals surface area contributed by atoms with E-state index in [9.17, 15) is 5.11 Å². The van der Waals surface area contributed by atoms with Crippen LogP contribution in [0.3, 0.4) is 0 Å². The van der Waals surface area contributed by atoms with Gasteiger partial charge in [0.05, 0.1) is 6.54 Å². The van der Waals surface area contributed by atoms with Gasteiger partial charge in [0.1, 0.15) is 17.5 Å². The van der Waals surface area contributed by atoms with Crippen LogP contribution in [-0.2, 0) is 0 Å². The maximum Gasteiger partial charge on any atom is 0.188 e. The quantitative estimate of drug-likeness (QED) is 0.550. The molecule has 0 saturated carbocycles. The van der Waals surface area contributed by atoms with Crippen molar-refractivity contribution in [3.63, 3.8) is 0 Å². The Morgan fingerprint density at radius 3 is 2.42 bits per heavy atom. The number of benzene rings is 2. The zero-order chi connectivity index (χ0) is 22.6. The molecule has 5 rings (SSSR count). The summed E-state index contributed by atoms with van der Waals surface area (Å²) in [6, 6.07) is 17.7. The minimum absolute atomic E-state index is 0.00434. The Bertz CT molecular complexity index is 1080. The van der Waals surface area contributed by atoms with Crippen molar-refractivity contribution < 1.29 is 9.84 Å². The Labute approximate surface area is 194 Å². The third-order valence-corrected chi connectivity index (χ3v) is 6.33. The van der Waals surface area contributed by atoms with E-state index in [1.54, 1.807) is 24.3 Å². The molecule has 33 heavy (non-hydrogen) atoms. The van der Waals surface area contributed by atoms with E-state index in [2.05, 4.69) is 49.6 Å². The van der Waals surface area contributed by atoms with Gasteiger partial charge in [0, 0.05) is 55.7 Å². The molecule has 4 N–H and O–H groups in total. The maximum atomic E-state index is 10.2. The number of rotatable bonds is 5. The van der Waals surface area contributed by atoms with Crippen LogP contribution in [0.25, 0.3) is 11.3 Å². The van der Waals surface area contributed by atoms with Crippen LogP contribution in [0, 0.1) is 0 Å². The second-order valence-electron chi connectivity index (χ2n) is 8.58. The number of ether oxygens (including phenoxy) is 1. The summed E-state index contributed by atoms with van der Waals surface area (Å²) in [6.45, 7) is 5.93. The molecular weight excluding hydrogens is 416 g/mol. The average Bonchev–Trinajstić information content (AvgIpc) is 2.87. The molecule has 2 fully saturated rings. The van der Waals surface area contributed by atoms with E-state index in [0.29, 0.717) is 17.0 Å². The highest BCUT2D eigenvalue weighted by atomic mass is 16.5. The van der Waals surface area contributed by atoms with Crippen molar-refractivity contribution in [1.29, 1.82) is 0 Å². The van der Waals surface area contributed by atoms with E-state index in [1.807, 2.05) is 6.07 Å². The number of nitrogens with one attached hydrogen (secondary N) is 1. The molecule has 2 aliphatic rings. The maximum absolute atomic E-state index is 10.2. The first-order valence-electron chi connectivity index (χ1n) is 11.6. The molecule has 0 aliphatic carbocycles. The minimum atomic E-state index is -0.00434. The van der Waals surface area contributed by atoms with Crippen molar-refractivity contribution in [2.24, 2.45) is 0 Å². The lowest BCUT2D eigenvalue weighted by Gasteiger charge is -2.35. The number of aromatic hydroxyl groups is 1. The van der Waals surface area contributed by atoms with Gasteiger partial charge >= 0.3 is 0 Å². The van der Waals surface area contributed by atoms with Crippen molar-refractivity contribution in [1.82, 2.24) is 15.5 Å². The molecule has 2 aliphatic heterocycles. The Morgan fingerprint density at radius 1 is 0.939 bits per heavy atom. The number of piperazine rings is 1. The lowest BCUT2D eigenvalue weighted by Crippen LogP contribution is -2.43. The fourth-order valence-corrected chi connectivity index (χ4v) is 4.55. The number of phenols is 1. The Kier molecular flexibility index (Phi) is 6.17. The summed E-state index contributed by atoms with van der Waals surface area (Å²) in [5.74, 6) is 0.909. The van der Waals surface area contributed by atoms with E-state index in [4.69, 9.17) is 10.5 Å². The summed E-state index contributed by atoms with van der Waals surface area (Å²) >= 11 is 0. The number of nitrogen functional groups attached to an aromatic ring is 1. The van der Waals surface area contributed by atoms with Gasteiger partial charge in [-0.05, 0) is 49.2 Å². The fraction of sp³-hybridized carbons (Fsp3) is 0.360. The standard InChI is InChI=1S/C25H30N6O2/c26-25-24(16-22(28-29-25)21-5-1-2-6-23(21)32)33-20-4-3-13-31(17-20)19-9-7-18(8-10-19)30-14-11-27-12-15-30/h1-2,5-10,16,20,27,32H,3-4,11-15,17H2,(H2,26,29). The molecule has 1 atom stereocenters. The highest BCUT2D eigenvalue weighted by Gasteiger charge is 2.23. The minimum Gasteiger partial charge on any atom is -0.507 e. The van der Waals surface area contributed by atoms with Gasteiger partial charge in [0.2, 0.25) is 0 Å². The molecule has 0 bridgehead atoms. The van der Waals surface area contributed by atoms with Gasteiger partial charge < -0.3 is 30.7 Å². The predicted molar refractivity (Wildman–Crippen MR) is 131 cm³/mol. The third-order valence-electron chi connectivity index (χ3n) is 6.33. The number of piperidine rings is 1. The molecule has 1 unspecified atom stereocenters. The van der Waals surface area contributed by atoms with E-state index in [0.717, 1.165) is 52.1 Å². The largest absolute Gasteiger partial charge is 0.507 e. The number of aromatic nitrogens is 2. The third kappa shape index (κ3) is 4.80. The number of anilines is 3. The first-order chi connectivity index (χ1) is 16.2. The fourth-order valence-electron chi connectivity index (χ4n) is 4.55. The molecule has 3 heterocycles. The van der Waals surface area contributed by atoms with Crippen LogP contribution in [0.5, 0.6) is 11.5 Å². The lowest BCUT2D eigenvalue weighted by atomic mass is 10.1. The van der Waals surface area contributed by atoms with Gasteiger partial charge in [-0.3, -0.25) is 0 Å². The van der Waals surface area contributed by atoms with Crippen LogP contribution < -0.4 is 25.6 Å². The summed E-state index contributed by atoms with van der Waals surface area (Å²) in [5.41, 5.74) is 9.69. The number of hydrogen-bond acceptors (Lipinski definition) is 8. The van der Waals surface area contributed by atoms with Crippen molar-refractivity contribution in [2.45, 2.75) is 18.9 Å². The van der Waals surface area contributed by atoms with Crippen molar-refractivity contribution in [3.8, 4) is 22.8 Å². The van der Waals surface area contributed by atoms with Crippen LogP contribution in [0.1, 0.15) is 12.8 Å². The second kappa shape index (κ2) is 9.54. The van der Waals surface area contributed by atoms with Crippen molar-refractivity contribution >= 4 is 17.2 Å². The predicted octanol–water partition coefficient (Wildman–Crippen LogP) is 2.89. The molecule has 2 saturated heterocycles. The summed E-state index contributed by atoms with van der Waals surface area (Å²) in [6.07, 6.45) is 1.98. The van der Waals surface area contributed by atoms with Crippen LogP contribution >= 0.6 is 0 Å². The van der Waals surface area contributed by atoms with Gasteiger partial charge in [-0.1, -0.05) is 12.1 Å². The number of hydrogen-bond donors (Lipinski definition) is 3. The van der Waals surface area contributed by atoms with Crippen LogP contribution in [0.15, 0.2) is 54.6 Å². The van der Waals surface area contributed by atoms with Gasteiger partial charge in [-0.25, -0.2) is 0 Å². The molecule has 8 heteroatoms. The Morgan fingerprint density at radius 2 is 1.67 bits per heavy atom. The van der Waals surface area contributed by atoms with Gasteiger partial charge in [-0.15, -0.1) is 10.2 Å². The average molecular weight is 447 g/mol. The van der Waals surface area contributed by atoms with E-state index in [1.165, 1.54) is 11.4 Å². The first kappa shape index (κ1) is 21.3. The van der Waals surface area contributed by atoms with Crippen molar-refractivity contribution in [3.05, 3.63) is 54.6 Å². The normalized spacial score (nSPS) is 18.8. The van der Waals surface area contributed by atoms with Gasteiger partial charge in [0.15, 0.2) is 11.6 Å². The first-order valence-corrected chi connectivity index (χ1v) is 11.6. The zero-order valence-electron chi connectivity index (χ0n) is 18.7. The number of nitrogens with two attached hydrogens (primary N) is 1.